The second-order valence-electron chi connectivity index (χ2n) is 6.31. The van der Waals surface area contributed by atoms with Gasteiger partial charge in [-0.25, -0.2) is 4.98 Å². The van der Waals surface area contributed by atoms with Crippen molar-refractivity contribution in [1.29, 1.82) is 0 Å². The Morgan fingerprint density at radius 2 is 1.96 bits per heavy atom. The number of amides is 1. The zero-order valence-electron chi connectivity index (χ0n) is 15.8. The van der Waals surface area contributed by atoms with Crippen LogP contribution in [-0.2, 0) is 4.79 Å². The van der Waals surface area contributed by atoms with Gasteiger partial charge in [-0.1, -0.05) is 17.4 Å². The molecule has 2 aromatic heterocycles. The standard InChI is InChI=1S/C20H21N3O3S2/c1-25-15-6-7-16-18(19(15)26-2)21-20(28-16)23-11-9-22(10-12-23)17(24)8-5-14-4-3-13-27-14/h3-8,13H,9-12H2,1-2H3/b8-5+. The molecular formula is C20H21N3O3S2. The molecule has 6 nitrogen and oxygen atoms in total. The number of fused-ring (bicyclic) bond motifs is 1. The number of carbonyl (C=O) groups is 1. The first-order valence-corrected chi connectivity index (χ1v) is 10.7. The Labute approximate surface area is 171 Å². The van der Waals surface area contributed by atoms with Crippen LogP contribution in [0.2, 0.25) is 0 Å². The molecule has 8 heteroatoms. The van der Waals surface area contributed by atoms with Crippen LogP contribution < -0.4 is 14.4 Å². The van der Waals surface area contributed by atoms with Gasteiger partial charge in [-0.3, -0.25) is 4.79 Å². The van der Waals surface area contributed by atoms with E-state index in [4.69, 9.17) is 14.5 Å². The Bertz CT molecular complexity index is 990. The Morgan fingerprint density at radius 3 is 2.64 bits per heavy atom. The zero-order valence-corrected chi connectivity index (χ0v) is 17.4. The molecule has 1 aromatic carbocycles. The fraction of sp³-hybridized carbons (Fsp3) is 0.300. The first-order valence-electron chi connectivity index (χ1n) is 8.96. The highest BCUT2D eigenvalue weighted by atomic mass is 32.1. The molecular weight excluding hydrogens is 394 g/mol. The van der Waals surface area contributed by atoms with Crippen LogP contribution in [0, 0.1) is 0 Å². The van der Waals surface area contributed by atoms with Crippen LogP contribution in [0.25, 0.3) is 16.3 Å². The number of carbonyl (C=O) groups excluding carboxylic acids is 1. The topological polar surface area (TPSA) is 54.9 Å². The number of piperazine rings is 1. The van der Waals surface area contributed by atoms with Crippen molar-refractivity contribution < 1.29 is 14.3 Å². The average molecular weight is 416 g/mol. The van der Waals surface area contributed by atoms with Gasteiger partial charge in [-0.15, -0.1) is 11.3 Å². The molecule has 146 valence electrons. The van der Waals surface area contributed by atoms with E-state index in [9.17, 15) is 4.79 Å². The molecule has 0 bridgehead atoms. The van der Waals surface area contributed by atoms with E-state index in [1.54, 1.807) is 43.0 Å². The van der Waals surface area contributed by atoms with Crippen LogP contribution in [0.15, 0.2) is 35.7 Å². The zero-order chi connectivity index (χ0) is 19.5. The van der Waals surface area contributed by atoms with Gasteiger partial charge in [0, 0.05) is 37.1 Å². The molecule has 0 atom stereocenters. The summed E-state index contributed by atoms with van der Waals surface area (Å²) in [6.07, 6.45) is 3.54. The Balaban J connectivity index is 1.44. The van der Waals surface area contributed by atoms with Gasteiger partial charge in [0.25, 0.3) is 0 Å². The molecule has 1 amide bonds. The van der Waals surface area contributed by atoms with Crippen molar-refractivity contribution >= 4 is 50.0 Å². The molecule has 1 aliphatic rings. The van der Waals surface area contributed by atoms with E-state index in [2.05, 4.69) is 4.90 Å². The molecule has 0 N–H and O–H groups in total. The van der Waals surface area contributed by atoms with Gasteiger partial charge >= 0.3 is 0 Å². The smallest absolute Gasteiger partial charge is 0.246 e. The predicted molar refractivity (Wildman–Crippen MR) is 115 cm³/mol. The van der Waals surface area contributed by atoms with Gasteiger partial charge in [0.05, 0.1) is 18.9 Å². The van der Waals surface area contributed by atoms with Crippen molar-refractivity contribution in [3.63, 3.8) is 0 Å². The summed E-state index contributed by atoms with van der Waals surface area (Å²) in [6, 6.07) is 7.89. The summed E-state index contributed by atoms with van der Waals surface area (Å²) in [4.78, 5) is 22.4. The van der Waals surface area contributed by atoms with E-state index in [0.29, 0.717) is 24.6 Å². The van der Waals surface area contributed by atoms with E-state index >= 15 is 0 Å². The summed E-state index contributed by atoms with van der Waals surface area (Å²) in [5, 5.41) is 2.95. The molecule has 1 saturated heterocycles. The maximum atomic E-state index is 12.4. The molecule has 3 heterocycles. The number of nitrogens with zero attached hydrogens (tertiary/aromatic N) is 3. The van der Waals surface area contributed by atoms with Crippen LogP contribution in [0.1, 0.15) is 4.88 Å². The minimum absolute atomic E-state index is 0.0590. The second-order valence-corrected chi connectivity index (χ2v) is 8.29. The molecule has 3 aromatic rings. The first-order chi connectivity index (χ1) is 13.7. The number of thiophene rings is 1. The maximum Gasteiger partial charge on any atom is 0.246 e. The third-order valence-electron chi connectivity index (χ3n) is 4.69. The van der Waals surface area contributed by atoms with Gasteiger partial charge in [-0.05, 0) is 29.7 Å². The number of anilines is 1. The van der Waals surface area contributed by atoms with Gasteiger partial charge in [0.2, 0.25) is 5.91 Å². The number of benzene rings is 1. The number of aromatic nitrogens is 1. The number of rotatable bonds is 5. The van der Waals surface area contributed by atoms with Crippen LogP contribution in [0.3, 0.4) is 0 Å². The van der Waals surface area contributed by atoms with Gasteiger partial charge in [-0.2, -0.15) is 0 Å². The van der Waals surface area contributed by atoms with Crippen LogP contribution >= 0.6 is 22.7 Å². The summed E-state index contributed by atoms with van der Waals surface area (Å²) in [5.41, 5.74) is 0.819. The monoisotopic (exact) mass is 415 g/mol. The maximum absolute atomic E-state index is 12.4. The molecule has 0 spiro atoms. The van der Waals surface area contributed by atoms with Crippen molar-refractivity contribution in [1.82, 2.24) is 9.88 Å². The lowest BCUT2D eigenvalue weighted by atomic mass is 10.3. The van der Waals surface area contributed by atoms with Gasteiger partial charge in [0.15, 0.2) is 16.6 Å². The van der Waals surface area contributed by atoms with E-state index in [1.807, 2.05) is 40.6 Å². The molecule has 1 aliphatic heterocycles. The molecule has 4 rings (SSSR count). The molecule has 1 fully saturated rings. The Morgan fingerprint density at radius 1 is 1.14 bits per heavy atom. The number of methoxy groups -OCH3 is 2. The highest BCUT2D eigenvalue weighted by molar-refractivity contribution is 7.22. The summed E-state index contributed by atoms with van der Waals surface area (Å²) >= 11 is 3.26. The van der Waals surface area contributed by atoms with Crippen molar-refractivity contribution in [2.24, 2.45) is 0 Å². The van der Waals surface area contributed by atoms with Crippen LogP contribution in [0.5, 0.6) is 11.5 Å². The lowest BCUT2D eigenvalue weighted by Crippen LogP contribution is -2.48. The number of hydrogen-bond donors (Lipinski definition) is 0. The van der Waals surface area contributed by atoms with E-state index < -0.39 is 0 Å². The lowest BCUT2D eigenvalue weighted by molar-refractivity contribution is -0.126. The molecule has 0 radical (unpaired) electrons. The van der Waals surface area contributed by atoms with E-state index in [1.165, 1.54) is 0 Å². The normalized spacial score (nSPS) is 14.8. The van der Waals surface area contributed by atoms with Crippen molar-refractivity contribution in [3.8, 4) is 11.5 Å². The number of hydrogen-bond acceptors (Lipinski definition) is 7. The van der Waals surface area contributed by atoms with Crippen LogP contribution in [-0.4, -0.2) is 56.2 Å². The Kier molecular flexibility index (Phi) is 5.50. The number of ether oxygens (including phenoxy) is 2. The fourth-order valence-electron chi connectivity index (χ4n) is 3.20. The second kappa shape index (κ2) is 8.20. The quantitative estimate of drug-likeness (QED) is 0.594. The summed E-state index contributed by atoms with van der Waals surface area (Å²) < 4.78 is 11.9. The largest absolute Gasteiger partial charge is 0.493 e. The van der Waals surface area contributed by atoms with Crippen molar-refractivity contribution in [2.75, 3.05) is 45.3 Å². The molecule has 0 unspecified atom stereocenters. The average Bonchev–Trinajstić information content (AvgIpc) is 3.40. The minimum Gasteiger partial charge on any atom is -0.493 e. The van der Waals surface area contributed by atoms with E-state index in [-0.39, 0.29) is 5.91 Å². The Hall–Kier alpha value is -2.58. The highest BCUT2D eigenvalue weighted by Crippen LogP contribution is 2.40. The first kappa shape index (κ1) is 18.8. The van der Waals surface area contributed by atoms with Gasteiger partial charge in [0.1, 0.15) is 5.52 Å². The third kappa shape index (κ3) is 3.70. The molecule has 0 saturated carbocycles. The summed E-state index contributed by atoms with van der Waals surface area (Å²) in [5.74, 6) is 1.40. The summed E-state index contributed by atoms with van der Waals surface area (Å²) in [6.45, 7) is 2.89. The van der Waals surface area contributed by atoms with Crippen molar-refractivity contribution in [2.45, 2.75) is 0 Å². The number of thiazole rings is 1. The lowest BCUT2D eigenvalue weighted by Gasteiger charge is -2.34. The highest BCUT2D eigenvalue weighted by Gasteiger charge is 2.23. The minimum atomic E-state index is 0.0590. The summed E-state index contributed by atoms with van der Waals surface area (Å²) in [7, 11) is 3.25. The van der Waals surface area contributed by atoms with Crippen LogP contribution in [0.4, 0.5) is 5.13 Å². The third-order valence-corrected chi connectivity index (χ3v) is 6.61. The fourth-order valence-corrected chi connectivity index (χ4v) is 4.83. The molecule has 0 aliphatic carbocycles. The SMILES string of the molecule is COc1ccc2sc(N3CCN(C(=O)/C=C/c4cccs4)CC3)nc2c1OC. The van der Waals surface area contributed by atoms with E-state index in [0.717, 1.165) is 33.3 Å². The van der Waals surface area contributed by atoms with Gasteiger partial charge < -0.3 is 19.3 Å². The predicted octanol–water partition coefficient (Wildman–Crippen LogP) is 3.74. The molecule has 28 heavy (non-hydrogen) atoms. The van der Waals surface area contributed by atoms with Crippen molar-refractivity contribution in [3.05, 3.63) is 40.6 Å².